The van der Waals surface area contributed by atoms with Crippen molar-refractivity contribution in [2.45, 2.75) is 19.8 Å². The Morgan fingerprint density at radius 1 is 1.37 bits per heavy atom. The smallest absolute Gasteiger partial charge is 0.152 e. The van der Waals surface area contributed by atoms with Gasteiger partial charge in [-0.25, -0.2) is 0 Å². The number of rotatable bonds is 8. The number of methoxy groups -OCH3 is 1. The molecule has 0 radical (unpaired) electrons. The minimum absolute atomic E-state index is 0.746. The molecular weight excluding hydrogens is 264 g/mol. The molecule has 0 saturated heterocycles. The van der Waals surface area contributed by atoms with Crippen LogP contribution in [0.4, 0.5) is 0 Å². The second kappa shape index (κ2) is 7.32. The average Bonchev–Trinajstić information content (AvgIpc) is 3.02. The van der Waals surface area contributed by atoms with E-state index in [9.17, 15) is 0 Å². The number of hydrogen-bond acceptors (Lipinski definition) is 7. The third-order valence-corrected chi connectivity index (χ3v) is 3.69. The van der Waals surface area contributed by atoms with Crippen LogP contribution in [-0.4, -0.2) is 42.2 Å². The van der Waals surface area contributed by atoms with E-state index in [2.05, 4.69) is 20.7 Å². The van der Waals surface area contributed by atoms with Gasteiger partial charge in [-0.1, -0.05) is 16.5 Å². The molecule has 0 aliphatic rings. The molecule has 2 aromatic rings. The molecule has 0 spiro atoms. The molecule has 0 saturated carbocycles. The van der Waals surface area contributed by atoms with Crippen molar-refractivity contribution in [3.8, 4) is 10.6 Å². The van der Waals surface area contributed by atoms with Crippen LogP contribution in [0.5, 0.6) is 0 Å². The minimum atomic E-state index is 0.746. The van der Waals surface area contributed by atoms with E-state index in [1.807, 2.05) is 6.92 Å². The lowest BCUT2D eigenvalue weighted by molar-refractivity contribution is 0.199. The van der Waals surface area contributed by atoms with Gasteiger partial charge in [-0.3, -0.25) is 0 Å². The van der Waals surface area contributed by atoms with Crippen LogP contribution in [0.2, 0.25) is 0 Å². The maximum Gasteiger partial charge on any atom is 0.152 e. The van der Waals surface area contributed by atoms with Gasteiger partial charge in [0, 0.05) is 20.1 Å². The molecule has 19 heavy (non-hydrogen) atoms. The lowest BCUT2D eigenvalue weighted by atomic mass is 10.3. The van der Waals surface area contributed by atoms with Crippen LogP contribution in [0.25, 0.3) is 10.6 Å². The molecule has 6 nitrogen and oxygen atoms in total. The predicted octanol–water partition coefficient (Wildman–Crippen LogP) is 1.67. The summed E-state index contributed by atoms with van der Waals surface area (Å²) in [6, 6.07) is 0. The van der Waals surface area contributed by atoms with Crippen molar-refractivity contribution in [2.24, 2.45) is 0 Å². The van der Waals surface area contributed by atoms with E-state index in [0.29, 0.717) is 0 Å². The number of hydrogen-bond donors (Lipinski definition) is 1. The topological polar surface area (TPSA) is 73.1 Å². The maximum absolute atomic E-state index is 5.03. The quantitative estimate of drug-likeness (QED) is 0.742. The Morgan fingerprint density at radius 3 is 3.00 bits per heavy atom. The summed E-state index contributed by atoms with van der Waals surface area (Å²) < 4.78 is 10.00. The zero-order valence-electron chi connectivity index (χ0n) is 11.2. The Balaban J connectivity index is 1.77. The van der Waals surface area contributed by atoms with Gasteiger partial charge >= 0.3 is 0 Å². The van der Waals surface area contributed by atoms with Crippen molar-refractivity contribution < 1.29 is 9.26 Å². The maximum atomic E-state index is 5.03. The zero-order chi connectivity index (χ0) is 13.5. The Morgan fingerprint density at radius 2 is 2.26 bits per heavy atom. The van der Waals surface area contributed by atoms with Crippen molar-refractivity contribution in [3.63, 3.8) is 0 Å². The number of ether oxygens (including phenoxy) is 1. The molecule has 0 aliphatic carbocycles. The van der Waals surface area contributed by atoms with E-state index in [0.717, 1.165) is 53.9 Å². The normalized spacial score (nSPS) is 11.1. The Hall–Kier alpha value is -1.31. The van der Waals surface area contributed by atoms with Gasteiger partial charge in [0.1, 0.15) is 10.8 Å². The molecule has 0 fully saturated rings. The van der Waals surface area contributed by atoms with Crippen molar-refractivity contribution in [1.29, 1.82) is 0 Å². The molecule has 0 unspecified atom stereocenters. The molecule has 1 N–H and O–H groups in total. The van der Waals surface area contributed by atoms with Crippen LogP contribution < -0.4 is 5.32 Å². The second-order valence-electron chi connectivity index (χ2n) is 4.14. The zero-order valence-corrected chi connectivity index (χ0v) is 12.0. The molecule has 0 atom stereocenters. The summed E-state index contributed by atoms with van der Waals surface area (Å²) in [5, 5.41) is 17.4. The first kappa shape index (κ1) is 14.1. The summed E-state index contributed by atoms with van der Waals surface area (Å²) in [5.74, 6) is 0.781. The molecule has 7 heteroatoms. The second-order valence-corrected chi connectivity index (χ2v) is 5.21. The SMILES string of the molecule is COCCNCCCc1nnc(-c2cnoc2C)s1. The summed E-state index contributed by atoms with van der Waals surface area (Å²) in [6.45, 7) is 4.47. The molecule has 0 aliphatic heterocycles. The van der Waals surface area contributed by atoms with Gasteiger partial charge in [-0.05, 0) is 19.9 Å². The third kappa shape index (κ3) is 4.09. The van der Waals surface area contributed by atoms with Crippen LogP contribution in [0.3, 0.4) is 0 Å². The van der Waals surface area contributed by atoms with E-state index in [1.165, 1.54) is 0 Å². The van der Waals surface area contributed by atoms with Crippen LogP contribution in [0.1, 0.15) is 17.2 Å². The van der Waals surface area contributed by atoms with Crippen LogP contribution in [0.15, 0.2) is 10.7 Å². The first-order valence-corrected chi connectivity index (χ1v) is 7.06. The van der Waals surface area contributed by atoms with E-state index < -0.39 is 0 Å². The molecule has 0 aromatic carbocycles. The largest absolute Gasteiger partial charge is 0.383 e. The molecule has 0 bridgehead atoms. The lowest BCUT2D eigenvalue weighted by Crippen LogP contribution is -2.20. The average molecular weight is 282 g/mol. The van der Waals surface area contributed by atoms with Crippen molar-refractivity contribution >= 4 is 11.3 Å². The highest BCUT2D eigenvalue weighted by atomic mass is 32.1. The van der Waals surface area contributed by atoms with Gasteiger partial charge in [0.05, 0.1) is 18.4 Å². The molecule has 2 heterocycles. The summed E-state index contributed by atoms with van der Waals surface area (Å²) in [5.41, 5.74) is 0.932. The first-order valence-electron chi connectivity index (χ1n) is 6.25. The number of aryl methyl sites for hydroxylation is 2. The fourth-order valence-corrected chi connectivity index (χ4v) is 2.57. The highest BCUT2D eigenvalue weighted by Gasteiger charge is 2.11. The molecule has 0 amide bonds. The Kier molecular flexibility index (Phi) is 5.44. The van der Waals surface area contributed by atoms with Gasteiger partial charge in [-0.2, -0.15) is 0 Å². The minimum Gasteiger partial charge on any atom is -0.383 e. The third-order valence-electron chi connectivity index (χ3n) is 2.68. The summed E-state index contributed by atoms with van der Waals surface area (Å²) in [7, 11) is 1.71. The van der Waals surface area contributed by atoms with Crippen LogP contribution in [-0.2, 0) is 11.2 Å². The van der Waals surface area contributed by atoms with Crippen LogP contribution >= 0.6 is 11.3 Å². The fourth-order valence-electron chi connectivity index (χ4n) is 1.63. The van der Waals surface area contributed by atoms with Gasteiger partial charge in [0.2, 0.25) is 0 Å². The molecule has 2 aromatic heterocycles. The fraction of sp³-hybridized carbons (Fsp3) is 0.583. The molecule has 104 valence electrons. The predicted molar refractivity (Wildman–Crippen MR) is 73.2 cm³/mol. The lowest BCUT2D eigenvalue weighted by Gasteiger charge is -2.01. The van der Waals surface area contributed by atoms with Gasteiger partial charge in [-0.15, -0.1) is 10.2 Å². The van der Waals surface area contributed by atoms with Crippen molar-refractivity contribution in [2.75, 3.05) is 26.8 Å². The first-order chi connectivity index (χ1) is 9.31. The standard InChI is InChI=1S/C12H18N4O2S/c1-9-10(8-14-18-9)12-16-15-11(19-12)4-3-5-13-6-7-17-2/h8,13H,3-7H2,1-2H3. The van der Waals surface area contributed by atoms with Crippen molar-refractivity contribution in [1.82, 2.24) is 20.7 Å². The summed E-state index contributed by atoms with van der Waals surface area (Å²) in [4.78, 5) is 0. The number of nitrogens with zero attached hydrogens (tertiary/aromatic N) is 3. The van der Waals surface area contributed by atoms with Crippen LogP contribution in [0, 0.1) is 6.92 Å². The van der Waals surface area contributed by atoms with E-state index in [-0.39, 0.29) is 0 Å². The highest BCUT2D eigenvalue weighted by Crippen LogP contribution is 2.26. The van der Waals surface area contributed by atoms with E-state index in [1.54, 1.807) is 24.6 Å². The Labute approximate surface area is 116 Å². The van der Waals surface area contributed by atoms with E-state index >= 15 is 0 Å². The van der Waals surface area contributed by atoms with E-state index in [4.69, 9.17) is 9.26 Å². The molecule has 2 rings (SSSR count). The molecular formula is C12H18N4O2S. The summed E-state index contributed by atoms with van der Waals surface area (Å²) >= 11 is 1.60. The Bertz CT molecular complexity index is 497. The van der Waals surface area contributed by atoms with Gasteiger partial charge in [0.15, 0.2) is 5.01 Å². The highest BCUT2D eigenvalue weighted by molar-refractivity contribution is 7.14. The van der Waals surface area contributed by atoms with Gasteiger partial charge < -0.3 is 14.6 Å². The monoisotopic (exact) mass is 282 g/mol. The van der Waals surface area contributed by atoms with Crippen molar-refractivity contribution in [3.05, 3.63) is 17.0 Å². The number of aromatic nitrogens is 3. The summed E-state index contributed by atoms with van der Waals surface area (Å²) in [6.07, 6.45) is 3.66. The van der Waals surface area contributed by atoms with Gasteiger partial charge in [0.25, 0.3) is 0 Å². The number of nitrogens with one attached hydrogen (secondary N) is 1.